The number of nitrogens with one attached hydrogen (secondary N) is 1. The van der Waals surface area contributed by atoms with Gasteiger partial charge >= 0.3 is 0 Å². The van der Waals surface area contributed by atoms with Crippen molar-refractivity contribution in [2.45, 2.75) is 13.5 Å². The lowest BCUT2D eigenvalue weighted by atomic mass is 10.1. The van der Waals surface area contributed by atoms with Gasteiger partial charge in [0.25, 0.3) is 0 Å². The minimum Gasteiger partial charge on any atom is -0.493 e. The molecule has 0 unspecified atom stereocenters. The molecule has 2 aromatic carbocycles. The third-order valence-electron chi connectivity index (χ3n) is 5.36. The predicted molar refractivity (Wildman–Crippen MR) is 116 cm³/mol. The summed E-state index contributed by atoms with van der Waals surface area (Å²) in [6.45, 7) is 6.59. The minimum absolute atomic E-state index is 0.0193. The summed E-state index contributed by atoms with van der Waals surface area (Å²) in [6.07, 6.45) is 3.37. The quantitative estimate of drug-likeness (QED) is 0.737. The first kappa shape index (κ1) is 21.2. The second-order valence-corrected chi connectivity index (χ2v) is 7.66. The van der Waals surface area contributed by atoms with Crippen molar-refractivity contribution >= 4 is 23.6 Å². The molecule has 0 saturated carbocycles. The third-order valence-corrected chi connectivity index (χ3v) is 5.64. The van der Waals surface area contributed by atoms with E-state index in [1.54, 1.807) is 38.5 Å². The predicted octanol–water partition coefficient (Wildman–Crippen LogP) is 2.61. The van der Waals surface area contributed by atoms with E-state index in [1.165, 1.54) is 16.0 Å². The van der Waals surface area contributed by atoms with E-state index in [1.807, 2.05) is 4.90 Å². The van der Waals surface area contributed by atoms with Crippen LogP contribution in [-0.4, -0.2) is 51.2 Å². The summed E-state index contributed by atoms with van der Waals surface area (Å²) >= 11 is 6.23. The number of hydrogen-bond acceptors (Lipinski definition) is 3. The van der Waals surface area contributed by atoms with Crippen LogP contribution in [0, 0.1) is 6.92 Å². The van der Waals surface area contributed by atoms with Crippen LogP contribution < -0.4 is 14.4 Å². The van der Waals surface area contributed by atoms with Crippen molar-refractivity contribution in [2.24, 2.45) is 0 Å². The molecule has 29 heavy (non-hydrogen) atoms. The van der Waals surface area contributed by atoms with Crippen LogP contribution >= 0.6 is 11.6 Å². The fourth-order valence-corrected chi connectivity index (χ4v) is 3.90. The number of rotatable bonds is 6. The Morgan fingerprint density at radius 3 is 2.55 bits per heavy atom. The van der Waals surface area contributed by atoms with Crippen molar-refractivity contribution in [2.75, 3.05) is 40.4 Å². The number of carbonyl (C=O) groups excluding carboxylic acids is 1. The maximum Gasteiger partial charge on any atom is 0.246 e. The summed E-state index contributed by atoms with van der Waals surface area (Å²) in [5, 5.41) is 0.451. The smallest absolute Gasteiger partial charge is 0.246 e. The maximum atomic E-state index is 12.6. The number of aryl methyl sites for hydroxylation is 1. The molecule has 2 aromatic rings. The number of halogens is 1. The summed E-state index contributed by atoms with van der Waals surface area (Å²) in [5.74, 6) is 1.05. The van der Waals surface area contributed by atoms with E-state index in [9.17, 15) is 4.79 Å². The van der Waals surface area contributed by atoms with Gasteiger partial charge in [-0.05, 0) is 36.3 Å². The topological polar surface area (TPSA) is 43.2 Å². The van der Waals surface area contributed by atoms with Crippen molar-refractivity contribution in [3.05, 3.63) is 64.2 Å². The monoisotopic (exact) mass is 415 g/mol. The van der Waals surface area contributed by atoms with E-state index >= 15 is 0 Å². The first-order valence-corrected chi connectivity index (χ1v) is 10.2. The Kier molecular flexibility index (Phi) is 7.18. The normalized spacial score (nSPS) is 15.0. The number of nitrogens with zero attached hydrogens (tertiary/aromatic N) is 1. The molecule has 1 heterocycles. The van der Waals surface area contributed by atoms with Crippen LogP contribution in [0.4, 0.5) is 0 Å². The van der Waals surface area contributed by atoms with Gasteiger partial charge in [0.15, 0.2) is 11.5 Å². The number of benzene rings is 2. The molecular formula is C23H28ClN2O3+. The number of ether oxygens (including phenoxy) is 2. The molecule has 0 bridgehead atoms. The van der Waals surface area contributed by atoms with Crippen LogP contribution in [0.2, 0.25) is 5.02 Å². The average Bonchev–Trinajstić information content (AvgIpc) is 2.73. The highest BCUT2D eigenvalue weighted by atomic mass is 35.5. The van der Waals surface area contributed by atoms with Crippen molar-refractivity contribution in [1.29, 1.82) is 0 Å². The van der Waals surface area contributed by atoms with Crippen LogP contribution in [0.1, 0.15) is 16.7 Å². The minimum atomic E-state index is 0.0193. The first-order chi connectivity index (χ1) is 14.0. The fourth-order valence-electron chi connectivity index (χ4n) is 3.60. The molecule has 1 amide bonds. The van der Waals surface area contributed by atoms with Gasteiger partial charge in [0.2, 0.25) is 5.91 Å². The van der Waals surface area contributed by atoms with Crippen molar-refractivity contribution in [1.82, 2.24) is 4.90 Å². The van der Waals surface area contributed by atoms with Crippen LogP contribution in [0.15, 0.2) is 42.5 Å². The molecule has 0 radical (unpaired) electrons. The number of amides is 1. The van der Waals surface area contributed by atoms with Gasteiger partial charge in [0.05, 0.1) is 45.4 Å². The van der Waals surface area contributed by atoms with E-state index in [2.05, 4.69) is 31.2 Å². The lowest BCUT2D eigenvalue weighted by Gasteiger charge is -2.32. The fraction of sp³-hybridized carbons (Fsp3) is 0.348. The summed E-state index contributed by atoms with van der Waals surface area (Å²) in [5.41, 5.74) is 3.51. The van der Waals surface area contributed by atoms with E-state index < -0.39 is 0 Å². The van der Waals surface area contributed by atoms with Gasteiger partial charge in [0.1, 0.15) is 6.54 Å². The van der Waals surface area contributed by atoms with Crippen LogP contribution in [0.25, 0.3) is 6.08 Å². The molecule has 5 nitrogen and oxygen atoms in total. The van der Waals surface area contributed by atoms with Crippen molar-refractivity contribution in [3.63, 3.8) is 0 Å². The lowest BCUT2D eigenvalue weighted by molar-refractivity contribution is -0.917. The van der Waals surface area contributed by atoms with Gasteiger partial charge in [-0.25, -0.2) is 0 Å². The Labute approximate surface area is 177 Å². The second-order valence-electron chi connectivity index (χ2n) is 7.25. The average molecular weight is 416 g/mol. The molecule has 1 fully saturated rings. The standard InChI is InChI=1S/C23H27ClN2O3/c1-17-6-4-5-7-19(17)16-25-10-12-26(13-11-25)22(27)9-8-18-14-20(24)23(29-3)21(15-18)28-2/h4-9,14-15H,10-13,16H2,1-3H3/p+1/b9-8+. The van der Waals surface area contributed by atoms with Crippen LogP contribution in [0.5, 0.6) is 11.5 Å². The summed E-state index contributed by atoms with van der Waals surface area (Å²) in [6, 6.07) is 12.1. The van der Waals surface area contributed by atoms with E-state index in [-0.39, 0.29) is 5.91 Å². The molecule has 0 aliphatic carbocycles. The highest BCUT2D eigenvalue weighted by Gasteiger charge is 2.22. The zero-order valence-electron chi connectivity index (χ0n) is 17.2. The molecule has 0 aromatic heterocycles. The van der Waals surface area contributed by atoms with Gasteiger partial charge in [-0.1, -0.05) is 35.9 Å². The Morgan fingerprint density at radius 1 is 1.17 bits per heavy atom. The zero-order valence-corrected chi connectivity index (χ0v) is 18.0. The summed E-state index contributed by atoms with van der Waals surface area (Å²) < 4.78 is 10.6. The second kappa shape index (κ2) is 9.81. The highest BCUT2D eigenvalue weighted by Crippen LogP contribution is 2.36. The largest absolute Gasteiger partial charge is 0.493 e. The first-order valence-electron chi connectivity index (χ1n) is 9.78. The van der Waals surface area contributed by atoms with Crippen LogP contribution in [0.3, 0.4) is 0 Å². The molecule has 154 valence electrons. The van der Waals surface area contributed by atoms with E-state index in [0.717, 1.165) is 38.3 Å². The highest BCUT2D eigenvalue weighted by molar-refractivity contribution is 6.32. The molecule has 3 rings (SSSR count). The SMILES string of the molecule is COc1cc(/C=C/C(=O)N2CC[NH+](Cc3ccccc3C)CC2)cc(Cl)c1OC. The van der Waals surface area contributed by atoms with Gasteiger partial charge in [-0.3, -0.25) is 4.79 Å². The Hall–Kier alpha value is -2.50. The molecule has 1 aliphatic heterocycles. The molecular weight excluding hydrogens is 388 g/mol. The number of quaternary nitrogens is 1. The van der Waals surface area contributed by atoms with E-state index in [4.69, 9.17) is 21.1 Å². The number of carbonyl (C=O) groups is 1. The molecule has 6 heteroatoms. The van der Waals surface area contributed by atoms with Gasteiger partial charge < -0.3 is 19.3 Å². The van der Waals surface area contributed by atoms with E-state index in [0.29, 0.717) is 16.5 Å². The number of piperazine rings is 1. The number of hydrogen-bond donors (Lipinski definition) is 1. The Bertz CT molecular complexity index is 890. The molecule has 1 saturated heterocycles. The maximum absolute atomic E-state index is 12.6. The van der Waals surface area contributed by atoms with Gasteiger partial charge in [-0.2, -0.15) is 0 Å². The zero-order chi connectivity index (χ0) is 20.8. The Morgan fingerprint density at radius 2 is 1.90 bits per heavy atom. The molecule has 1 aliphatic rings. The van der Waals surface area contributed by atoms with Gasteiger partial charge in [-0.15, -0.1) is 0 Å². The molecule has 0 atom stereocenters. The molecule has 1 N–H and O–H groups in total. The number of methoxy groups -OCH3 is 2. The van der Waals surface area contributed by atoms with Gasteiger partial charge in [0, 0.05) is 11.6 Å². The Balaban J connectivity index is 1.57. The lowest BCUT2D eigenvalue weighted by Crippen LogP contribution is -3.13. The third kappa shape index (κ3) is 5.31. The summed E-state index contributed by atoms with van der Waals surface area (Å²) in [4.78, 5) is 16.0. The molecule has 0 spiro atoms. The van der Waals surface area contributed by atoms with Crippen molar-refractivity contribution in [3.8, 4) is 11.5 Å². The van der Waals surface area contributed by atoms with Crippen LogP contribution in [-0.2, 0) is 11.3 Å². The van der Waals surface area contributed by atoms with Crippen molar-refractivity contribution < 1.29 is 19.2 Å². The summed E-state index contributed by atoms with van der Waals surface area (Å²) in [7, 11) is 3.11.